The molecule has 5 heteroatoms. The average molecular weight is 322 g/mol. The zero-order chi connectivity index (χ0) is 16.5. The third-order valence-corrected chi connectivity index (χ3v) is 4.38. The molecule has 1 aromatic rings. The quantitative estimate of drug-likeness (QED) is 0.714. The van der Waals surface area contributed by atoms with Crippen molar-refractivity contribution in [3.8, 4) is 0 Å². The van der Waals surface area contributed by atoms with Gasteiger partial charge in [0, 0.05) is 39.3 Å². The molecule has 130 valence electrons. The van der Waals surface area contributed by atoms with Gasteiger partial charge in [0.1, 0.15) is 0 Å². The summed E-state index contributed by atoms with van der Waals surface area (Å²) < 4.78 is 5.92. The predicted octanol–water partition coefficient (Wildman–Crippen LogP) is 1.13. The van der Waals surface area contributed by atoms with Crippen LogP contribution in [0.5, 0.6) is 0 Å². The molecule has 0 aliphatic carbocycles. The molecule has 2 N–H and O–H groups in total. The van der Waals surface area contributed by atoms with Crippen molar-refractivity contribution in [3.05, 3.63) is 35.9 Å². The van der Waals surface area contributed by atoms with Crippen molar-refractivity contribution in [2.75, 3.05) is 52.5 Å². The first-order chi connectivity index (χ1) is 11.2. The number of nitrogens with zero attached hydrogens (tertiary/aromatic N) is 2. The molecule has 0 bridgehead atoms. The van der Waals surface area contributed by atoms with E-state index >= 15 is 0 Å². The van der Waals surface area contributed by atoms with E-state index in [-0.39, 0.29) is 12.7 Å². The lowest BCUT2D eigenvalue weighted by atomic mass is 10.1. The van der Waals surface area contributed by atoms with E-state index in [1.807, 2.05) is 18.2 Å². The summed E-state index contributed by atoms with van der Waals surface area (Å²) in [5.74, 6) is 0. The number of hydrogen-bond acceptors (Lipinski definition) is 5. The first-order valence-corrected chi connectivity index (χ1v) is 8.63. The van der Waals surface area contributed by atoms with E-state index in [4.69, 9.17) is 9.84 Å². The number of hydrogen-bond donors (Lipinski definition) is 2. The van der Waals surface area contributed by atoms with E-state index in [2.05, 4.69) is 28.9 Å². The SMILES string of the molecule is CC[C@H](OC[C@H](O)CN1CCN(CCO)CC1)c1ccccc1. The molecule has 2 rings (SSSR count). The minimum absolute atomic E-state index is 0.0484. The average Bonchev–Trinajstić information content (AvgIpc) is 2.58. The fraction of sp³-hybridized carbons (Fsp3) is 0.667. The number of benzene rings is 1. The molecule has 1 aliphatic heterocycles. The number of piperazine rings is 1. The third kappa shape index (κ3) is 6.20. The third-order valence-electron chi connectivity index (χ3n) is 4.38. The van der Waals surface area contributed by atoms with Crippen LogP contribution in [0, 0.1) is 0 Å². The minimum Gasteiger partial charge on any atom is -0.395 e. The number of ether oxygens (including phenoxy) is 1. The highest BCUT2D eigenvalue weighted by Crippen LogP contribution is 2.20. The molecular formula is C18H30N2O3. The van der Waals surface area contributed by atoms with Crippen molar-refractivity contribution in [1.29, 1.82) is 0 Å². The Bertz CT molecular complexity index is 422. The van der Waals surface area contributed by atoms with Gasteiger partial charge in [-0.15, -0.1) is 0 Å². The van der Waals surface area contributed by atoms with Crippen LogP contribution in [0.4, 0.5) is 0 Å². The van der Waals surface area contributed by atoms with Gasteiger partial charge in [-0.1, -0.05) is 37.3 Å². The lowest BCUT2D eigenvalue weighted by molar-refractivity contribution is -0.0285. The van der Waals surface area contributed by atoms with Crippen molar-refractivity contribution in [1.82, 2.24) is 9.80 Å². The standard InChI is InChI=1S/C18H30N2O3/c1-2-18(16-6-4-3-5-7-16)23-15-17(22)14-20-10-8-19(9-11-20)12-13-21/h3-7,17-18,21-22H,2,8-15H2,1H3/t17-,18+/m1/s1. The summed E-state index contributed by atoms with van der Waals surface area (Å²) in [6, 6.07) is 10.2. The van der Waals surface area contributed by atoms with Gasteiger partial charge in [-0.25, -0.2) is 0 Å². The van der Waals surface area contributed by atoms with Crippen LogP contribution in [0.2, 0.25) is 0 Å². The second-order valence-corrected chi connectivity index (χ2v) is 6.16. The van der Waals surface area contributed by atoms with Crippen molar-refractivity contribution in [2.24, 2.45) is 0 Å². The lowest BCUT2D eigenvalue weighted by Gasteiger charge is -2.35. The molecule has 23 heavy (non-hydrogen) atoms. The van der Waals surface area contributed by atoms with E-state index in [0.717, 1.165) is 39.1 Å². The Labute approximate surface area is 139 Å². The molecule has 0 aromatic heterocycles. The van der Waals surface area contributed by atoms with E-state index in [1.165, 1.54) is 5.56 Å². The second-order valence-electron chi connectivity index (χ2n) is 6.16. The molecule has 5 nitrogen and oxygen atoms in total. The van der Waals surface area contributed by atoms with Gasteiger partial charge in [-0.05, 0) is 12.0 Å². The van der Waals surface area contributed by atoms with Gasteiger partial charge in [0.25, 0.3) is 0 Å². The van der Waals surface area contributed by atoms with Gasteiger partial charge in [0.2, 0.25) is 0 Å². The molecule has 1 aliphatic rings. The fourth-order valence-electron chi connectivity index (χ4n) is 3.03. The van der Waals surface area contributed by atoms with Crippen molar-refractivity contribution in [2.45, 2.75) is 25.6 Å². The molecule has 0 spiro atoms. The van der Waals surface area contributed by atoms with Crippen LogP contribution in [0.15, 0.2) is 30.3 Å². The van der Waals surface area contributed by atoms with Gasteiger partial charge >= 0.3 is 0 Å². The van der Waals surface area contributed by atoms with Gasteiger partial charge in [0.05, 0.1) is 25.4 Å². The highest BCUT2D eigenvalue weighted by atomic mass is 16.5. The zero-order valence-corrected chi connectivity index (χ0v) is 14.1. The Morgan fingerprint density at radius 3 is 2.35 bits per heavy atom. The van der Waals surface area contributed by atoms with Crippen LogP contribution in [0.3, 0.4) is 0 Å². The van der Waals surface area contributed by atoms with Crippen LogP contribution in [-0.2, 0) is 4.74 Å². The van der Waals surface area contributed by atoms with Gasteiger partial charge < -0.3 is 14.9 Å². The lowest BCUT2D eigenvalue weighted by Crippen LogP contribution is -2.49. The second kappa shape index (κ2) is 10.0. The first kappa shape index (κ1) is 18.4. The largest absolute Gasteiger partial charge is 0.395 e. The summed E-state index contributed by atoms with van der Waals surface area (Å²) in [6.07, 6.45) is 0.487. The molecule has 0 unspecified atom stereocenters. The summed E-state index contributed by atoms with van der Waals surface area (Å²) in [5.41, 5.74) is 1.17. The molecule has 1 fully saturated rings. The Balaban J connectivity index is 1.69. The minimum atomic E-state index is -0.461. The Kier molecular flexibility index (Phi) is 7.99. The van der Waals surface area contributed by atoms with E-state index < -0.39 is 6.10 Å². The first-order valence-electron chi connectivity index (χ1n) is 8.63. The van der Waals surface area contributed by atoms with Crippen LogP contribution >= 0.6 is 0 Å². The number of aliphatic hydroxyl groups is 2. The normalized spacial score (nSPS) is 19.6. The monoisotopic (exact) mass is 322 g/mol. The summed E-state index contributed by atoms with van der Waals surface area (Å²) in [6.45, 7) is 7.86. The van der Waals surface area contributed by atoms with Crippen LogP contribution in [0.1, 0.15) is 25.0 Å². The van der Waals surface area contributed by atoms with Crippen molar-refractivity contribution in [3.63, 3.8) is 0 Å². The maximum atomic E-state index is 10.2. The highest BCUT2D eigenvalue weighted by molar-refractivity contribution is 5.17. The van der Waals surface area contributed by atoms with Gasteiger partial charge in [-0.3, -0.25) is 9.80 Å². The van der Waals surface area contributed by atoms with Crippen LogP contribution < -0.4 is 0 Å². The molecule has 1 aromatic carbocycles. The number of aliphatic hydroxyl groups excluding tert-OH is 2. The zero-order valence-electron chi connectivity index (χ0n) is 14.1. The Morgan fingerprint density at radius 2 is 1.74 bits per heavy atom. The van der Waals surface area contributed by atoms with Crippen LogP contribution in [0.25, 0.3) is 0 Å². The summed E-state index contributed by atoms with van der Waals surface area (Å²) >= 11 is 0. The molecule has 0 radical (unpaired) electrons. The van der Waals surface area contributed by atoms with Crippen molar-refractivity contribution < 1.29 is 14.9 Å². The maximum Gasteiger partial charge on any atom is 0.0900 e. The van der Waals surface area contributed by atoms with Crippen molar-refractivity contribution >= 4 is 0 Å². The van der Waals surface area contributed by atoms with E-state index in [0.29, 0.717) is 13.2 Å². The smallest absolute Gasteiger partial charge is 0.0900 e. The molecule has 1 heterocycles. The predicted molar refractivity (Wildman–Crippen MR) is 91.4 cm³/mol. The topological polar surface area (TPSA) is 56.2 Å². The van der Waals surface area contributed by atoms with E-state index in [1.54, 1.807) is 0 Å². The Hall–Kier alpha value is -0.980. The van der Waals surface area contributed by atoms with Gasteiger partial charge in [0.15, 0.2) is 0 Å². The number of rotatable bonds is 9. The fourth-order valence-corrected chi connectivity index (χ4v) is 3.03. The van der Waals surface area contributed by atoms with E-state index in [9.17, 15) is 5.11 Å². The molecule has 0 saturated carbocycles. The summed E-state index contributed by atoms with van der Waals surface area (Å²) in [7, 11) is 0. The van der Waals surface area contributed by atoms with Crippen LogP contribution in [-0.4, -0.2) is 78.6 Å². The maximum absolute atomic E-state index is 10.2. The van der Waals surface area contributed by atoms with Gasteiger partial charge in [-0.2, -0.15) is 0 Å². The Morgan fingerprint density at radius 1 is 1.09 bits per heavy atom. The molecular weight excluding hydrogens is 292 g/mol. The molecule has 1 saturated heterocycles. The molecule has 2 atom stereocenters. The highest BCUT2D eigenvalue weighted by Gasteiger charge is 2.19. The summed E-state index contributed by atoms with van der Waals surface area (Å²) in [5, 5.41) is 19.2. The molecule has 0 amide bonds. The number of β-amino-alcohol motifs (C(OH)–C–C–N with tert-alkyl or cyclic N) is 2. The summed E-state index contributed by atoms with van der Waals surface area (Å²) in [4.78, 5) is 4.52.